The molecule has 0 aromatic heterocycles. The summed E-state index contributed by atoms with van der Waals surface area (Å²) in [5.74, 6) is 0. The molecule has 0 aromatic rings. The van der Waals surface area contributed by atoms with E-state index in [1.807, 2.05) is 0 Å². The molecule has 3 heteroatoms. The second-order valence-corrected chi connectivity index (χ2v) is 14.7. The smallest absolute Gasteiger partial charge is 0.0345 e. The zero-order valence-corrected chi connectivity index (χ0v) is 32.4. The summed E-state index contributed by atoms with van der Waals surface area (Å²) >= 11 is 0. The molecular formula is C44H83N3. The molecular weight excluding hydrogens is 571 g/mol. The van der Waals surface area contributed by atoms with Gasteiger partial charge in [-0.25, -0.2) is 0 Å². The fraction of sp³-hybridized carbons (Fsp3) is 0.818. The summed E-state index contributed by atoms with van der Waals surface area (Å²) in [5, 5.41) is 4.05. The fourth-order valence-corrected chi connectivity index (χ4v) is 6.73. The van der Waals surface area contributed by atoms with Gasteiger partial charge < -0.3 is 10.2 Å². The number of likely N-dealkylation sites (N-methyl/N-ethyl adjacent to an activating group) is 2. The standard InChI is InChI=1S/C44H83N3/c1-5-7-9-11-13-15-17-19-21-23-25-27-29-31-33-35-37-43(45-41-44-42-46(3)39-40-47(44)4)38-36-34-32-30-28-26-24-22-20-18-16-14-12-10-8-6-2/h13-16,19-22,43-45H,5-12,17-18,23-42H2,1-4H3/b15-13-,16-14-,21-19-,22-20-. The van der Waals surface area contributed by atoms with Crippen LogP contribution in [0.15, 0.2) is 48.6 Å². The average molecular weight is 654 g/mol. The molecule has 1 N–H and O–H groups in total. The number of allylic oxidation sites excluding steroid dienone is 8. The predicted molar refractivity (Wildman–Crippen MR) is 214 cm³/mol. The molecule has 0 amide bonds. The van der Waals surface area contributed by atoms with Crippen molar-refractivity contribution in [2.45, 2.75) is 193 Å². The maximum atomic E-state index is 4.05. The van der Waals surface area contributed by atoms with Crippen LogP contribution in [0.3, 0.4) is 0 Å². The summed E-state index contributed by atoms with van der Waals surface area (Å²) in [5.41, 5.74) is 0. The zero-order chi connectivity index (χ0) is 33.9. The third-order valence-corrected chi connectivity index (χ3v) is 10.1. The van der Waals surface area contributed by atoms with Crippen molar-refractivity contribution in [2.24, 2.45) is 0 Å². The Morgan fingerprint density at radius 3 is 1.36 bits per heavy atom. The van der Waals surface area contributed by atoms with Crippen molar-refractivity contribution in [1.29, 1.82) is 0 Å². The van der Waals surface area contributed by atoms with Gasteiger partial charge in [0.1, 0.15) is 0 Å². The molecule has 1 aliphatic heterocycles. The Labute approximate surface area is 296 Å². The van der Waals surface area contributed by atoms with Crippen molar-refractivity contribution >= 4 is 0 Å². The molecule has 47 heavy (non-hydrogen) atoms. The van der Waals surface area contributed by atoms with Crippen molar-refractivity contribution in [3.63, 3.8) is 0 Å². The van der Waals surface area contributed by atoms with Gasteiger partial charge in [-0.1, -0.05) is 152 Å². The molecule has 1 saturated heterocycles. The number of nitrogens with one attached hydrogen (secondary N) is 1. The predicted octanol–water partition coefficient (Wildman–Crippen LogP) is 12.6. The van der Waals surface area contributed by atoms with Crippen LogP contribution in [0, 0.1) is 0 Å². The molecule has 1 unspecified atom stereocenters. The number of rotatable bonds is 33. The van der Waals surface area contributed by atoms with Crippen LogP contribution in [0.1, 0.15) is 181 Å². The van der Waals surface area contributed by atoms with Crippen LogP contribution >= 0.6 is 0 Å². The number of unbranched alkanes of at least 4 members (excludes halogenated alkanes) is 18. The highest BCUT2D eigenvalue weighted by Gasteiger charge is 2.22. The second-order valence-electron chi connectivity index (χ2n) is 14.7. The van der Waals surface area contributed by atoms with Crippen LogP contribution < -0.4 is 5.32 Å². The number of hydrogen-bond donors (Lipinski definition) is 1. The van der Waals surface area contributed by atoms with Gasteiger partial charge in [0.25, 0.3) is 0 Å². The lowest BCUT2D eigenvalue weighted by Crippen LogP contribution is -2.54. The van der Waals surface area contributed by atoms with E-state index < -0.39 is 0 Å². The van der Waals surface area contributed by atoms with Gasteiger partial charge in [-0.2, -0.15) is 0 Å². The Morgan fingerprint density at radius 2 is 0.915 bits per heavy atom. The average Bonchev–Trinajstić information content (AvgIpc) is 3.07. The molecule has 274 valence electrons. The fourth-order valence-electron chi connectivity index (χ4n) is 6.73. The zero-order valence-electron chi connectivity index (χ0n) is 32.4. The lowest BCUT2D eigenvalue weighted by atomic mass is 9.99. The summed E-state index contributed by atoms with van der Waals surface area (Å²) in [6.45, 7) is 9.30. The summed E-state index contributed by atoms with van der Waals surface area (Å²) in [6.07, 6.45) is 53.8. The van der Waals surface area contributed by atoms with Crippen LogP contribution in [0.25, 0.3) is 0 Å². The molecule has 1 aliphatic rings. The van der Waals surface area contributed by atoms with E-state index in [0.29, 0.717) is 12.1 Å². The maximum Gasteiger partial charge on any atom is 0.0345 e. The highest BCUT2D eigenvalue weighted by molar-refractivity contribution is 4.93. The Kier molecular flexibility index (Phi) is 32.4. The van der Waals surface area contributed by atoms with Gasteiger partial charge in [0.15, 0.2) is 0 Å². The summed E-state index contributed by atoms with van der Waals surface area (Å²) in [6, 6.07) is 1.36. The van der Waals surface area contributed by atoms with Crippen molar-refractivity contribution in [2.75, 3.05) is 40.3 Å². The molecule has 1 fully saturated rings. The van der Waals surface area contributed by atoms with Gasteiger partial charge in [0.2, 0.25) is 0 Å². The molecule has 0 radical (unpaired) electrons. The largest absolute Gasteiger partial charge is 0.312 e. The first-order valence-electron chi connectivity index (χ1n) is 20.9. The Morgan fingerprint density at radius 1 is 0.511 bits per heavy atom. The van der Waals surface area contributed by atoms with Crippen molar-refractivity contribution in [3.8, 4) is 0 Å². The first-order chi connectivity index (χ1) is 23.2. The maximum absolute atomic E-state index is 4.05. The molecule has 3 nitrogen and oxygen atoms in total. The summed E-state index contributed by atoms with van der Waals surface area (Å²) in [7, 11) is 4.60. The first-order valence-corrected chi connectivity index (χ1v) is 20.9. The second kappa shape index (κ2) is 34.7. The topological polar surface area (TPSA) is 18.5 Å². The van der Waals surface area contributed by atoms with Gasteiger partial charge in [0.05, 0.1) is 0 Å². The van der Waals surface area contributed by atoms with E-state index in [0.717, 1.165) is 19.4 Å². The van der Waals surface area contributed by atoms with E-state index in [2.05, 4.69) is 91.7 Å². The van der Waals surface area contributed by atoms with E-state index in [4.69, 9.17) is 0 Å². The van der Waals surface area contributed by atoms with Crippen LogP contribution in [0.5, 0.6) is 0 Å². The normalized spacial score (nSPS) is 16.8. The highest BCUT2D eigenvalue weighted by Crippen LogP contribution is 2.16. The van der Waals surface area contributed by atoms with Crippen LogP contribution in [0.4, 0.5) is 0 Å². The number of piperazine rings is 1. The monoisotopic (exact) mass is 654 g/mol. The van der Waals surface area contributed by atoms with E-state index in [-0.39, 0.29) is 0 Å². The molecule has 0 saturated carbocycles. The van der Waals surface area contributed by atoms with Crippen molar-refractivity contribution in [3.05, 3.63) is 48.6 Å². The number of nitrogens with zero attached hydrogens (tertiary/aromatic N) is 2. The minimum atomic E-state index is 0.656. The van der Waals surface area contributed by atoms with Gasteiger partial charge >= 0.3 is 0 Å². The first kappa shape index (κ1) is 43.9. The van der Waals surface area contributed by atoms with E-state index >= 15 is 0 Å². The van der Waals surface area contributed by atoms with Crippen LogP contribution in [-0.4, -0.2) is 62.2 Å². The van der Waals surface area contributed by atoms with Crippen LogP contribution in [0.2, 0.25) is 0 Å². The SMILES string of the molecule is CCCCC/C=C\C/C=C\CCCCCCCCC(CCCCCCCC/C=C\C/C=C\CCCCC)NCC1CN(C)CCN1C. The summed E-state index contributed by atoms with van der Waals surface area (Å²) in [4.78, 5) is 5.08. The third kappa shape index (κ3) is 29.5. The minimum absolute atomic E-state index is 0.656. The van der Waals surface area contributed by atoms with Gasteiger partial charge in [-0.05, 0) is 91.1 Å². The molecule has 0 aromatic carbocycles. The van der Waals surface area contributed by atoms with Gasteiger partial charge in [-0.3, -0.25) is 4.90 Å². The Bertz CT molecular complexity index is 705. The van der Waals surface area contributed by atoms with Gasteiger partial charge in [0, 0.05) is 38.3 Å². The van der Waals surface area contributed by atoms with E-state index in [1.165, 1.54) is 174 Å². The molecule has 0 bridgehead atoms. The van der Waals surface area contributed by atoms with Crippen LogP contribution in [-0.2, 0) is 0 Å². The molecule has 1 rings (SSSR count). The molecule has 1 atom stereocenters. The van der Waals surface area contributed by atoms with Crippen molar-refractivity contribution < 1.29 is 0 Å². The van der Waals surface area contributed by atoms with E-state index in [1.54, 1.807) is 0 Å². The molecule has 1 heterocycles. The van der Waals surface area contributed by atoms with Crippen molar-refractivity contribution in [1.82, 2.24) is 15.1 Å². The van der Waals surface area contributed by atoms with E-state index in [9.17, 15) is 0 Å². The molecule has 0 spiro atoms. The lowest BCUT2D eigenvalue weighted by Gasteiger charge is -2.38. The Hall–Kier alpha value is -1.16. The lowest BCUT2D eigenvalue weighted by molar-refractivity contribution is 0.110. The minimum Gasteiger partial charge on any atom is -0.312 e. The summed E-state index contributed by atoms with van der Waals surface area (Å²) < 4.78 is 0. The number of hydrogen-bond acceptors (Lipinski definition) is 3. The highest BCUT2D eigenvalue weighted by atomic mass is 15.3. The Balaban J connectivity index is 2.15. The van der Waals surface area contributed by atoms with Gasteiger partial charge in [-0.15, -0.1) is 0 Å². The molecule has 0 aliphatic carbocycles. The quantitative estimate of drug-likeness (QED) is 0.0561. The third-order valence-electron chi connectivity index (χ3n) is 10.1.